The fourth-order valence-electron chi connectivity index (χ4n) is 2.20. The number of nitrogens with one attached hydrogen (secondary N) is 1. The Morgan fingerprint density at radius 1 is 1.10 bits per heavy atom. The van der Waals surface area contributed by atoms with Gasteiger partial charge in [0.1, 0.15) is 5.75 Å². The van der Waals surface area contributed by atoms with Gasteiger partial charge in [-0.05, 0) is 93.9 Å². The number of hydrogen-bond donors (Lipinski definition) is 2. The van der Waals surface area contributed by atoms with E-state index >= 15 is 0 Å². The molecule has 0 radical (unpaired) electrons. The maximum atomic E-state index is 9.29. The minimum absolute atomic E-state index is 0.317. The lowest BCUT2D eigenvalue weighted by molar-refractivity contribution is 0.475. The number of phenolic OH excluding ortho intramolecular Hbond substituents is 1. The highest BCUT2D eigenvalue weighted by molar-refractivity contribution is 9.11. The van der Waals surface area contributed by atoms with Gasteiger partial charge in [0.15, 0.2) is 0 Å². The zero-order valence-electron chi connectivity index (χ0n) is 12.2. The minimum atomic E-state index is 0.317. The summed E-state index contributed by atoms with van der Waals surface area (Å²) in [4.78, 5) is 0. The van der Waals surface area contributed by atoms with Crippen LogP contribution >= 0.6 is 31.9 Å². The molecule has 112 valence electrons. The lowest BCUT2D eigenvalue weighted by atomic mass is 10.1. The molecule has 21 heavy (non-hydrogen) atoms. The van der Waals surface area contributed by atoms with E-state index in [1.807, 2.05) is 12.1 Å². The zero-order valence-corrected chi connectivity index (χ0v) is 15.3. The summed E-state index contributed by atoms with van der Waals surface area (Å²) in [6.07, 6.45) is 2.01. The summed E-state index contributed by atoms with van der Waals surface area (Å²) in [7, 11) is 0. The lowest BCUT2D eigenvalue weighted by Gasteiger charge is -2.18. The highest BCUT2D eigenvalue weighted by Gasteiger charge is 2.10. The fourth-order valence-corrected chi connectivity index (χ4v) is 3.85. The molecule has 1 atom stereocenters. The largest absolute Gasteiger partial charge is 0.508 e. The van der Waals surface area contributed by atoms with Gasteiger partial charge in [-0.1, -0.05) is 12.1 Å². The molecule has 1 unspecified atom stereocenters. The lowest BCUT2D eigenvalue weighted by Crippen LogP contribution is -2.16. The molecule has 2 aromatic carbocycles. The minimum Gasteiger partial charge on any atom is -0.508 e. The van der Waals surface area contributed by atoms with Crippen molar-refractivity contribution in [2.24, 2.45) is 0 Å². The third-order valence-corrected chi connectivity index (χ3v) is 4.63. The van der Waals surface area contributed by atoms with E-state index in [9.17, 15) is 5.11 Å². The van der Waals surface area contributed by atoms with E-state index < -0.39 is 0 Å². The van der Waals surface area contributed by atoms with Crippen molar-refractivity contribution in [1.29, 1.82) is 0 Å². The maximum Gasteiger partial charge on any atom is 0.115 e. The van der Waals surface area contributed by atoms with Crippen LogP contribution in [-0.2, 0) is 6.42 Å². The van der Waals surface area contributed by atoms with Crippen LogP contribution in [0.15, 0.2) is 45.3 Å². The van der Waals surface area contributed by atoms with Gasteiger partial charge in [-0.2, -0.15) is 0 Å². The molecule has 0 aliphatic rings. The van der Waals surface area contributed by atoms with E-state index in [1.54, 1.807) is 12.1 Å². The van der Waals surface area contributed by atoms with Crippen molar-refractivity contribution in [3.63, 3.8) is 0 Å². The number of aryl methyl sites for hydroxylation is 2. The first kappa shape index (κ1) is 16.4. The number of phenols is 1. The van der Waals surface area contributed by atoms with Crippen molar-refractivity contribution >= 4 is 37.5 Å². The summed E-state index contributed by atoms with van der Waals surface area (Å²) < 4.78 is 2.15. The van der Waals surface area contributed by atoms with E-state index in [-0.39, 0.29) is 0 Å². The molecule has 2 N–H and O–H groups in total. The molecule has 2 aromatic rings. The first-order valence-electron chi connectivity index (χ1n) is 6.96. The second kappa shape index (κ2) is 7.32. The molecule has 0 saturated carbocycles. The zero-order chi connectivity index (χ0) is 15.4. The summed E-state index contributed by atoms with van der Waals surface area (Å²) in [5, 5.41) is 12.8. The van der Waals surface area contributed by atoms with Gasteiger partial charge in [0.2, 0.25) is 0 Å². The Morgan fingerprint density at radius 3 is 2.24 bits per heavy atom. The van der Waals surface area contributed by atoms with E-state index in [2.05, 4.69) is 63.2 Å². The first-order chi connectivity index (χ1) is 9.95. The average molecular weight is 413 g/mol. The molecule has 4 heteroatoms. The number of hydrogen-bond acceptors (Lipinski definition) is 2. The monoisotopic (exact) mass is 411 g/mol. The highest BCUT2D eigenvalue weighted by atomic mass is 79.9. The molecule has 0 aliphatic carbocycles. The molecule has 0 amide bonds. The van der Waals surface area contributed by atoms with E-state index in [4.69, 9.17) is 0 Å². The van der Waals surface area contributed by atoms with Crippen LogP contribution in [0.2, 0.25) is 0 Å². The molecule has 0 heterocycles. The van der Waals surface area contributed by atoms with Crippen LogP contribution in [0.5, 0.6) is 5.75 Å². The predicted molar refractivity (Wildman–Crippen MR) is 96.1 cm³/mol. The number of aromatic hydroxyl groups is 1. The quantitative estimate of drug-likeness (QED) is 0.663. The van der Waals surface area contributed by atoms with Crippen LogP contribution in [0.25, 0.3) is 0 Å². The molecular formula is C17H19Br2NO. The molecule has 2 nitrogen and oxygen atoms in total. The standard InChI is InChI=1S/C17H19Br2NO/c1-11-9-15(18)17(16(19)10-11)20-12(2)3-4-13-5-7-14(21)8-6-13/h5-10,12,20-21H,3-4H2,1-2H3. The Hall–Kier alpha value is -1.000. The Balaban J connectivity index is 1.96. The number of halogens is 2. The summed E-state index contributed by atoms with van der Waals surface area (Å²) >= 11 is 7.22. The maximum absolute atomic E-state index is 9.29. The average Bonchev–Trinajstić information content (AvgIpc) is 2.42. The molecule has 2 rings (SSSR count). The van der Waals surface area contributed by atoms with Crippen LogP contribution in [0.4, 0.5) is 5.69 Å². The molecule has 0 fully saturated rings. The van der Waals surface area contributed by atoms with Crippen LogP contribution < -0.4 is 5.32 Å². The third-order valence-electron chi connectivity index (χ3n) is 3.38. The van der Waals surface area contributed by atoms with Crippen LogP contribution in [0.1, 0.15) is 24.5 Å². The molecule has 0 saturated heterocycles. The Labute approximate surface area is 142 Å². The second-order valence-electron chi connectivity index (χ2n) is 5.35. The third kappa shape index (κ3) is 4.75. The highest BCUT2D eigenvalue weighted by Crippen LogP contribution is 2.33. The predicted octanol–water partition coefficient (Wildman–Crippen LogP) is 5.66. The summed E-state index contributed by atoms with van der Waals surface area (Å²) in [5.41, 5.74) is 3.55. The van der Waals surface area contributed by atoms with E-state index in [0.717, 1.165) is 27.5 Å². The van der Waals surface area contributed by atoms with Crippen molar-refractivity contribution < 1.29 is 5.11 Å². The topological polar surface area (TPSA) is 32.3 Å². The first-order valence-corrected chi connectivity index (χ1v) is 8.54. The van der Waals surface area contributed by atoms with Gasteiger partial charge >= 0.3 is 0 Å². The van der Waals surface area contributed by atoms with Gasteiger partial charge in [0.25, 0.3) is 0 Å². The van der Waals surface area contributed by atoms with Crippen molar-refractivity contribution in [2.45, 2.75) is 32.7 Å². The summed E-state index contributed by atoms with van der Waals surface area (Å²) in [5.74, 6) is 0.317. The van der Waals surface area contributed by atoms with Gasteiger partial charge in [0.05, 0.1) is 5.69 Å². The van der Waals surface area contributed by atoms with Gasteiger partial charge < -0.3 is 10.4 Å². The molecule has 0 spiro atoms. The second-order valence-corrected chi connectivity index (χ2v) is 7.06. The smallest absolute Gasteiger partial charge is 0.115 e. The van der Waals surface area contributed by atoms with Crippen molar-refractivity contribution in [3.05, 3.63) is 56.5 Å². The molecule has 0 aromatic heterocycles. The van der Waals surface area contributed by atoms with Gasteiger partial charge in [0, 0.05) is 15.0 Å². The van der Waals surface area contributed by atoms with E-state index in [1.165, 1.54) is 11.1 Å². The number of rotatable bonds is 5. The fraction of sp³-hybridized carbons (Fsp3) is 0.294. The van der Waals surface area contributed by atoms with E-state index in [0.29, 0.717) is 11.8 Å². The molecule has 0 bridgehead atoms. The normalized spacial score (nSPS) is 12.2. The Kier molecular flexibility index (Phi) is 5.71. The summed E-state index contributed by atoms with van der Waals surface area (Å²) in [6.45, 7) is 4.26. The molecule has 0 aliphatic heterocycles. The molecular weight excluding hydrogens is 394 g/mol. The Morgan fingerprint density at radius 2 is 1.67 bits per heavy atom. The number of anilines is 1. The van der Waals surface area contributed by atoms with Crippen molar-refractivity contribution in [1.82, 2.24) is 0 Å². The Bertz CT molecular complexity index is 588. The summed E-state index contributed by atoms with van der Waals surface area (Å²) in [6, 6.07) is 12.0. The van der Waals surface area contributed by atoms with Crippen LogP contribution in [0, 0.1) is 6.92 Å². The van der Waals surface area contributed by atoms with Crippen molar-refractivity contribution in [3.8, 4) is 5.75 Å². The van der Waals surface area contributed by atoms with Crippen molar-refractivity contribution in [2.75, 3.05) is 5.32 Å². The van der Waals surface area contributed by atoms with Crippen LogP contribution in [0.3, 0.4) is 0 Å². The SMILES string of the molecule is Cc1cc(Br)c(NC(C)CCc2ccc(O)cc2)c(Br)c1. The van der Waals surface area contributed by atoms with Gasteiger partial charge in [-0.25, -0.2) is 0 Å². The van der Waals surface area contributed by atoms with Crippen LogP contribution in [-0.4, -0.2) is 11.1 Å². The van der Waals surface area contributed by atoms with Gasteiger partial charge in [-0.3, -0.25) is 0 Å². The van der Waals surface area contributed by atoms with Gasteiger partial charge in [-0.15, -0.1) is 0 Å². The number of benzene rings is 2.